The van der Waals surface area contributed by atoms with Crippen molar-refractivity contribution in [2.45, 2.75) is 64.2 Å². The zero-order valence-electron chi connectivity index (χ0n) is 18.2. The third kappa shape index (κ3) is 5.88. The van der Waals surface area contributed by atoms with Gasteiger partial charge in [0.25, 0.3) is 5.24 Å². The van der Waals surface area contributed by atoms with E-state index < -0.39 is 0 Å². The number of carbonyl (C=O) groups excluding carboxylic acids is 2. The molecule has 2 aromatic carbocycles. The fraction of sp³-hybridized carbons (Fsp3) is 0.440. The van der Waals surface area contributed by atoms with E-state index in [2.05, 4.69) is 24.5 Å². The van der Waals surface area contributed by atoms with Crippen molar-refractivity contribution in [3.63, 3.8) is 0 Å². The molecule has 0 saturated heterocycles. The van der Waals surface area contributed by atoms with Gasteiger partial charge in [-0.05, 0) is 74.6 Å². The molecule has 1 aliphatic rings. The van der Waals surface area contributed by atoms with Crippen LogP contribution in [0.15, 0.2) is 53.4 Å². The molecule has 0 atom stereocenters. The Kier molecular flexibility index (Phi) is 7.59. The van der Waals surface area contributed by atoms with Crippen molar-refractivity contribution in [1.82, 2.24) is 0 Å². The first-order chi connectivity index (χ1) is 14.4. The molecule has 0 spiro atoms. The molecule has 0 radical (unpaired) electrons. The molecule has 0 bridgehead atoms. The molecule has 2 amide bonds. The van der Waals surface area contributed by atoms with E-state index in [1.54, 1.807) is 0 Å². The number of thioether (sulfide) groups is 1. The molecule has 0 aliphatic heterocycles. The number of amides is 2. The predicted molar refractivity (Wildman–Crippen MR) is 126 cm³/mol. The van der Waals surface area contributed by atoms with Crippen LogP contribution in [0.4, 0.5) is 16.2 Å². The summed E-state index contributed by atoms with van der Waals surface area (Å²) in [6.45, 7) is 6.43. The van der Waals surface area contributed by atoms with Crippen molar-refractivity contribution in [1.29, 1.82) is 0 Å². The first-order valence-corrected chi connectivity index (χ1v) is 11.7. The molecule has 0 heterocycles. The summed E-state index contributed by atoms with van der Waals surface area (Å²) < 4.78 is 0. The normalized spacial score (nSPS) is 15.2. The van der Waals surface area contributed by atoms with Crippen LogP contribution in [0.3, 0.4) is 0 Å². The van der Waals surface area contributed by atoms with Gasteiger partial charge in [0, 0.05) is 16.0 Å². The van der Waals surface area contributed by atoms with Gasteiger partial charge in [0.2, 0.25) is 5.91 Å². The number of benzene rings is 2. The number of hydrogen-bond acceptors (Lipinski definition) is 3. The first-order valence-electron chi connectivity index (χ1n) is 10.8. The Hall–Kier alpha value is -2.27. The van der Waals surface area contributed by atoms with Crippen molar-refractivity contribution in [3.8, 4) is 0 Å². The lowest BCUT2D eigenvalue weighted by Crippen LogP contribution is -2.34. The van der Waals surface area contributed by atoms with Gasteiger partial charge >= 0.3 is 0 Å². The van der Waals surface area contributed by atoms with Gasteiger partial charge in [-0.2, -0.15) is 0 Å². The second kappa shape index (κ2) is 10.2. The average Bonchev–Trinajstić information content (AvgIpc) is 3.20. The van der Waals surface area contributed by atoms with Gasteiger partial charge in [-0.25, -0.2) is 0 Å². The SMILES string of the molecule is Cc1ccc(NC(=O)Sc2ccccc2NC(=O)C2(CCC(C)C)CCCC2)cc1. The molecular weight excluding hydrogens is 392 g/mol. The zero-order valence-corrected chi connectivity index (χ0v) is 19.0. The summed E-state index contributed by atoms with van der Waals surface area (Å²) in [6.07, 6.45) is 6.12. The minimum Gasteiger partial charge on any atom is -0.325 e. The molecule has 0 aromatic heterocycles. The molecule has 2 aromatic rings. The lowest BCUT2D eigenvalue weighted by molar-refractivity contribution is -0.125. The highest BCUT2D eigenvalue weighted by Gasteiger charge is 2.40. The van der Waals surface area contributed by atoms with Crippen LogP contribution in [0.5, 0.6) is 0 Å². The third-order valence-electron chi connectivity index (χ3n) is 5.88. The number of carbonyl (C=O) groups is 2. The molecule has 3 rings (SSSR count). The summed E-state index contributed by atoms with van der Waals surface area (Å²) >= 11 is 1.11. The predicted octanol–water partition coefficient (Wildman–Crippen LogP) is 7.25. The van der Waals surface area contributed by atoms with E-state index in [0.717, 1.165) is 66.4 Å². The Balaban J connectivity index is 1.69. The highest BCUT2D eigenvalue weighted by Crippen LogP contribution is 2.44. The molecule has 1 fully saturated rings. The average molecular weight is 425 g/mol. The van der Waals surface area contributed by atoms with E-state index in [9.17, 15) is 9.59 Å². The van der Waals surface area contributed by atoms with Crippen molar-refractivity contribution in [2.24, 2.45) is 11.3 Å². The minimum absolute atomic E-state index is 0.104. The van der Waals surface area contributed by atoms with Crippen LogP contribution in [-0.4, -0.2) is 11.1 Å². The quantitative estimate of drug-likeness (QED) is 0.460. The van der Waals surface area contributed by atoms with Gasteiger partial charge in [0.05, 0.1) is 5.69 Å². The van der Waals surface area contributed by atoms with Gasteiger partial charge in [-0.1, -0.05) is 56.5 Å². The van der Waals surface area contributed by atoms with Crippen LogP contribution < -0.4 is 10.6 Å². The first kappa shape index (κ1) is 22.4. The summed E-state index contributed by atoms with van der Waals surface area (Å²) in [5, 5.41) is 5.89. The van der Waals surface area contributed by atoms with Crippen molar-refractivity contribution in [3.05, 3.63) is 54.1 Å². The molecular formula is C25H32N2O2S. The molecule has 30 heavy (non-hydrogen) atoms. The van der Waals surface area contributed by atoms with Gasteiger partial charge in [-0.15, -0.1) is 0 Å². The van der Waals surface area contributed by atoms with E-state index >= 15 is 0 Å². The lowest BCUT2D eigenvalue weighted by atomic mass is 9.79. The maximum absolute atomic E-state index is 13.3. The number of hydrogen-bond donors (Lipinski definition) is 2. The van der Waals surface area contributed by atoms with Gasteiger partial charge in [0.1, 0.15) is 0 Å². The summed E-state index contributed by atoms with van der Waals surface area (Å²) in [5.41, 5.74) is 2.35. The molecule has 2 N–H and O–H groups in total. The van der Waals surface area contributed by atoms with Crippen molar-refractivity contribution < 1.29 is 9.59 Å². The van der Waals surface area contributed by atoms with E-state index in [1.807, 2.05) is 55.5 Å². The summed E-state index contributed by atoms with van der Waals surface area (Å²) in [6, 6.07) is 15.3. The smallest absolute Gasteiger partial charge is 0.288 e. The maximum atomic E-state index is 13.3. The van der Waals surface area contributed by atoms with Crippen LogP contribution in [0.1, 0.15) is 57.9 Å². The maximum Gasteiger partial charge on any atom is 0.288 e. The second-order valence-electron chi connectivity index (χ2n) is 8.75. The summed E-state index contributed by atoms with van der Waals surface area (Å²) in [5.74, 6) is 0.691. The monoisotopic (exact) mass is 424 g/mol. The van der Waals surface area contributed by atoms with Crippen LogP contribution in [0, 0.1) is 18.3 Å². The number of rotatable bonds is 7. The number of nitrogens with one attached hydrogen (secondary N) is 2. The Bertz CT molecular complexity index is 871. The fourth-order valence-electron chi connectivity index (χ4n) is 4.00. The van der Waals surface area contributed by atoms with Crippen LogP contribution in [-0.2, 0) is 4.79 Å². The summed E-state index contributed by atoms with van der Waals surface area (Å²) in [7, 11) is 0. The fourth-order valence-corrected chi connectivity index (χ4v) is 4.75. The van der Waals surface area contributed by atoms with Gasteiger partial charge in [0.15, 0.2) is 0 Å². The zero-order chi connectivity index (χ0) is 21.6. The van der Waals surface area contributed by atoms with Gasteiger partial charge in [-0.3, -0.25) is 9.59 Å². The molecule has 4 nitrogen and oxygen atoms in total. The highest BCUT2D eigenvalue weighted by molar-refractivity contribution is 8.14. The van der Waals surface area contributed by atoms with Crippen LogP contribution >= 0.6 is 11.8 Å². The Morgan fingerprint density at radius 1 is 1.00 bits per heavy atom. The van der Waals surface area contributed by atoms with Crippen molar-refractivity contribution >= 4 is 34.3 Å². The number of anilines is 2. The number of para-hydroxylation sites is 1. The topological polar surface area (TPSA) is 58.2 Å². The van der Waals surface area contributed by atoms with Crippen LogP contribution in [0.2, 0.25) is 0 Å². The molecule has 1 aliphatic carbocycles. The molecule has 1 saturated carbocycles. The van der Waals surface area contributed by atoms with E-state index in [0.29, 0.717) is 11.6 Å². The third-order valence-corrected chi connectivity index (χ3v) is 6.74. The Morgan fingerprint density at radius 3 is 2.33 bits per heavy atom. The second-order valence-corrected chi connectivity index (χ2v) is 9.77. The highest BCUT2D eigenvalue weighted by atomic mass is 32.2. The Morgan fingerprint density at radius 2 is 1.67 bits per heavy atom. The van der Waals surface area contributed by atoms with E-state index in [1.165, 1.54) is 0 Å². The minimum atomic E-state index is -0.272. The summed E-state index contributed by atoms with van der Waals surface area (Å²) in [4.78, 5) is 26.6. The van der Waals surface area contributed by atoms with E-state index in [-0.39, 0.29) is 16.6 Å². The molecule has 5 heteroatoms. The molecule has 0 unspecified atom stereocenters. The standard InChI is InChI=1S/C25H32N2O2S/c1-18(2)14-17-25(15-6-7-16-25)23(28)27-21-8-4-5-9-22(21)30-24(29)26-20-12-10-19(3)11-13-20/h4-5,8-13,18H,6-7,14-17H2,1-3H3,(H,26,29)(H,27,28). The largest absolute Gasteiger partial charge is 0.325 e. The van der Waals surface area contributed by atoms with Crippen molar-refractivity contribution in [2.75, 3.05) is 10.6 Å². The van der Waals surface area contributed by atoms with Crippen LogP contribution in [0.25, 0.3) is 0 Å². The number of aryl methyl sites for hydroxylation is 1. The molecule has 160 valence electrons. The Labute approximate surface area is 184 Å². The lowest BCUT2D eigenvalue weighted by Gasteiger charge is -2.29. The van der Waals surface area contributed by atoms with Gasteiger partial charge < -0.3 is 10.6 Å². The van der Waals surface area contributed by atoms with E-state index in [4.69, 9.17) is 0 Å².